The van der Waals surface area contributed by atoms with Gasteiger partial charge in [-0.15, -0.1) is 23.1 Å². The van der Waals surface area contributed by atoms with Crippen LogP contribution in [-0.4, -0.2) is 22.6 Å². The lowest BCUT2D eigenvalue weighted by Crippen LogP contribution is -2.19. The molecule has 2 N–H and O–H groups in total. The van der Waals surface area contributed by atoms with Gasteiger partial charge in [-0.2, -0.15) is 0 Å². The van der Waals surface area contributed by atoms with Crippen LogP contribution in [0.1, 0.15) is 15.4 Å². The molecule has 0 bridgehead atoms. The van der Waals surface area contributed by atoms with Crippen molar-refractivity contribution in [1.82, 2.24) is 4.98 Å². The van der Waals surface area contributed by atoms with Crippen LogP contribution in [0.15, 0.2) is 52.7 Å². The highest BCUT2D eigenvalue weighted by atomic mass is 32.2. The van der Waals surface area contributed by atoms with Crippen molar-refractivity contribution in [2.75, 3.05) is 16.4 Å². The van der Waals surface area contributed by atoms with Crippen LogP contribution < -0.4 is 10.6 Å². The Morgan fingerprint density at radius 1 is 1.19 bits per heavy atom. The van der Waals surface area contributed by atoms with Crippen molar-refractivity contribution in [3.63, 3.8) is 0 Å². The number of nitrogens with one attached hydrogen (secondary N) is 2. The van der Waals surface area contributed by atoms with Gasteiger partial charge in [0, 0.05) is 27.1 Å². The maximum Gasteiger partial charge on any atom is 0.255 e. The van der Waals surface area contributed by atoms with E-state index in [1.54, 1.807) is 23.5 Å². The van der Waals surface area contributed by atoms with E-state index in [0.29, 0.717) is 22.7 Å². The fourth-order valence-corrected chi connectivity index (χ4v) is 4.06. The minimum Gasteiger partial charge on any atom is -0.324 e. The Morgan fingerprint density at radius 3 is 2.73 bits per heavy atom. The van der Waals surface area contributed by atoms with E-state index >= 15 is 0 Å². The monoisotopic (exact) mass is 381 g/mol. The van der Waals surface area contributed by atoms with E-state index in [0.717, 1.165) is 21.2 Å². The summed E-state index contributed by atoms with van der Waals surface area (Å²) in [5.74, 6) is 0.145. The second kappa shape index (κ2) is 6.93. The molecule has 0 spiro atoms. The van der Waals surface area contributed by atoms with Gasteiger partial charge in [-0.05, 0) is 37.3 Å². The highest BCUT2D eigenvalue weighted by molar-refractivity contribution is 8.00. The molecule has 2 amide bonds. The Kier molecular flexibility index (Phi) is 4.48. The number of carbonyl (C=O) groups is 2. The fourth-order valence-electron chi connectivity index (χ4n) is 2.65. The average Bonchev–Trinajstić information content (AvgIpc) is 3.08. The molecule has 0 saturated heterocycles. The van der Waals surface area contributed by atoms with Crippen LogP contribution in [-0.2, 0) is 4.79 Å². The topological polar surface area (TPSA) is 71.1 Å². The second-order valence-corrected chi connectivity index (χ2v) is 7.91. The number of hydrogen-bond acceptors (Lipinski definition) is 5. The molecule has 1 aromatic heterocycles. The van der Waals surface area contributed by atoms with Crippen LogP contribution >= 0.6 is 23.1 Å². The summed E-state index contributed by atoms with van der Waals surface area (Å²) >= 11 is 3.08. The molecular weight excluding hydrogens is 366 g/mol. The molecule has 7 heteroatoms. The van der Waals surface area contributed by atoms with Crippen LogP contribution in [0.25, 0.3) is 11.3 Å². The number of aryl methyl sites for hydroxylation is 1. The van der Waals surface area contributed by atoms with Crippen molar-refractivity contribution >= 4 is 46.3 Å². The molecule has 1 aliphatic heterocycles. The van der Waals surface area contributed by atoms with Gasteiger partial charge in [-0.25, -0.2) is 4.98 Å². The number of amides is 2. The molecule has 0 atom stereocenters. The number of nitrogens with zero attached hydrogens (tertiary/aromatic N) is 1. The number of thioether (sulfide) groups is 1. The third kappa shape index (κ3) is 3.49. The number of hydrogen-bond donors (Lipinski definition) is 2. The second-order valence-electron chi connectivity index (χ2n) is 5.83. The number of fused-ring (bicyclic) bond motifs is 1. The molecule has 0 radical (unpaired) electrons. The van der Waals surface area contributed by atoms with E-state index in [1.165, 1.54) is 11.8 Å². The molecule has 3 aromatic rings. The smallest absolute Gasteiger partial charge is 0.255 e. The zero-order valence-corrected chi connectivity index (χ0v) is 15.5. The lowest BCUT2D eigenvalue weighted by Gasteiger charge is -2.17. The molecule has 130 valence electrons. The zero-order chi connectivity index (χ0) is 18.1. The third-order valence-corrected chi connectivity index (χ3v) is 5.78. The van der Waals surface area contributed by atoms with Gasteiger partial charge in [0.25, 0.3) is 5.91 Å². The van der Waals surface area contributed by atoms with Crippen molar-refractivity contribution in [2.45, 2.75) is 11.8 Å². The first-order chi connectivity index (χ1) is 12.6. The number of anilines is 2. The number of thiazole rings is 1. The molecule has 1 aliphatic rings. The van der Waals surface area contributed by atoms with Gasteiger partial charge in [0.05, 0.1) is 22.1 Å². The molecule has 2 heterocycles. The van der Waals surface area contributed by atoms with Gasteiger partial charge in [0.15, 0.2) is 0 Å². The van der Waals surface area contributed by atoms with E-state index in [-0.39, 0.29) is 11.8 Å². The summed E-state index contributed by atoms with van der Waals surface area (Å²) in [6.45, 7) is 1.97. The summed E-state index contributed by atoms with van der Waals surface area (Å²) < 4.78 is 0. The zero-order valence-electron chi connectivity index (χ0n) is 13.9. The lowest BCUT2D eigenvalue weighted by atomic mass is 10.1. The van der Waals surface area contributed by atoms with Crippen molar-refractivity contribution in [3.8, 4) is 11.3 Å². The maximum atomic E-state index is 12.5. The highest BCUT2D eigenvalue weighted by Gasteiger charge is 2.17. The quantitative estimate of drug-likeness (QED) is 0.705. The van der Waals surface area contributed by atoms with E-state index in [9.17, 15) is 9.59 Å². The maximum absolute atomic E-state index is 12.5. The largest absolute Gasteiger partial charge is 0.324 e. The number of carbonyl (C=O) groups excluding carboxylic acids is 2. The minimum atomic E-state index is -0.213. The number of aromatic nitrogens is 1. The summed E-state index contributed by atoms with van der Waals surface area (Å²) in [7, 11) is 0. The molecule has 0 saturated carbocycles. The Labute approximate surface area is 158 Å². The van der Waals surface area contributed by atoms with Gasteiger partial charge in [-0.1, -0.05) is 12.1 Å². The first kappa shape index (κ1) is 16.8. The Balaban J connectivity index is 1.49. The van der Waals surface area contributed by atoms with Crippen LogP contribution in [0.5, 0.6) is 0 Å². The van der Waals surface area contributed by atoms with E-state index < -0.39 is 0 Å². The van der Waals surface area contributed by atoms with E-state index in [4.69, 9.17) is 0 Å². The minimum absolute atomic E-state index is 0.0482. The Bertz CT molecular complexity index is 996. The normalized spacial score (nSPS) is 13.0. The SMILES string of the molecule is Cc1nc(-c2ccc(NC(=O)c3ccc4c(c3)NC(=O)CS4)cc2)cs1. The van der Waals surface area contributed by atoms with Gasteiger partial charge >= 0.3 is 0 Å². The first-order valence-corrected chi connectivity index (χ1v) is 9.85. The fraction of sp³-hybridized carbons (Fsp3) is 0.105. The van der Waals surface area contributed by atoms with Crippen LogP contribution in [0.4, 0.5) is 11.4 Å². The van der Waals surface area contributed by atoms with Gasteiger partial charge in [-0.3, -0.25) is 9.59 Å². The lowest BCUT2D eigenvalue weighted by molar-refractivity contribution is -0.113. The molecular formula is C19H15N3O2S2. The van der Waals surface area contributed by atoms with Crippen molar-refractivity contribution in [2.24, 2.45) is 0 Å². The summed E-state index contributed by atoms with van der Waals surface area (Å²) in [5, 5.41) is 8.72. The molecule has 4 rings (SSSR count). The molecule has 0 fully saturated rings. The molecule has 2 aromatic carbocycles. The average molecular weight is 381 g/mol. The predicted octanol–water partition coefficient (Wildman–Crippen LogP) is 4.42. The first-order valence-electron chi connectivity index (χ1n) is 7.99. The Hall–Kier alpha value is -2.64. The van der Waals surface area contributed by atoms with Crippen molar-refractivity contribution < 1.29 is 9.59 Å². The van der Waals surface area contributed by atoms with Crippen molar-refractivity contribution in [1.29, 1.82) is 0 Å². The molecule has 0 aliphatic carbocycles. The molecule has 0 unspecified atom stereocenters. The summed E-state index contributed by atoms with van der Waals surface area (Å²) in [6, 6.07) is 12.9. The van der Waals surface area contributed by atoms with Gasteiger partial charge in [0.1, 0.15) is 0 Å². The summed E-state index contributed by atoms with van der Waals surface area (Å²) in [4.78, 5) is 29.4. The van der Waals surface area contributed by atoms with E-state index in [1.807, 2.05) is 42.6 Å². The molecule has 26 heavy (non-hydrogen) atoms. The van der Waals surface area contributed by atoms with Gasteiger partial charge in [0.2, 0.25) is 5.91 Å². The van der Waals surface area contributed by atoms with Crippen molar-refractivity contribution in [3.05, 3.63) is 58.4 Å². The third-order valence-electron chi connectivity index (χ3n) is 3.93. The molecule has 5 nitrogen and oxygen atoms in total. The Morgan fingerprint density at radius 2 is 2.00 bits per heavy atom. The number of rotatable bonds is 3. The van der Waals surface area contributed by atoms with Crippen LogP contribution in [0.3, 0.4) is 0 Å². The van der Waals surface area contributed by atoms with Crippen LogP contribution in [0.2, 0.25) is 0 Å². The van der Waals surface area contributed by atoms with Gasteiger partial charge < -0.3 is 10.6 Å². The number of benzene rings is 2. The van der Waals surface area contributed by atoms with Crippen LogP contribution in [0, 0.1) is 6.92 Å². The highest BCUT2D eigenvalue weighted by Crippen LogP contribution is 2.32. The summed E-state index contributed by atoms with van der Waals surface area (Å²) in [6.07, 6.45) is 0. The van der Waals surface area contributed by atoms with E-state index in [2.05, 4.69) is 15.6 Å². The summed E-state index contributed by atoms with van der Waals surface area (Å²) in [5.41, 5.74) is 3.86. The standard InChI is InChI=1S/C19H15N3O2S2/c1-11-20-16(9-25-11)12-2-5-14(6-3-12)21-19(24)13-4-7-17-15(8-13)22-18(23)10-26-17/h2-9H,10H2,1H3,(H,21,24)(H,22,23). The predicted molar refractivity (Wildman–Crippen MR) is 106 cm³/mol.